The Bertz CT molecular complexity index is 699. The zero-order valence-electron chi connectivity index (χ0n) is 10.4. The van der Waals surface area contributed by atoms with E-state index in [9.17, 15) is 9.90 Å². The molecule has 1 aliphatic heterocycles. The number of allylic oxidation sites excluding steroid dienone is 1. The normalized spacial score (nSPS) is 15.4. The van der Waals surface area contributed by atoms with Crippen LogP contribution in [0.4, 0.5) is 0 Å². The number of hydrogen-bond donors (Lipinski definition) is 1. The summed E-state index contributed by atoms with van der Waals surface area (Å²) in [6, 6.07) is 12.3. The van der Waals surface area contributed by atoms with Gasteiger partial charge in [0, 0.05) is 6.07 Å². The van der Waals surface area contributed by atoms with Crippen LogP contribution in [0.1, 0.15) is 21.5 Å². The lowest BCUT2D eigenvalue weighted by Gasteiger charge is -2.01. The van der Waals surface area contributed by atoms with Crippen molar-refractivity contribution in [2.24, 2.45) is 0 Å². The van der Waals surface area contributed by atoms with E-state index in [0.717, 1.165) is 11.1 Å². The minimum absolute atomic E-state index is 0.0868. The molecule has 3 rings (SSSR count). The van der Waals surface area contributed by atoms with E-state index < -0.39 is 0 Å². The van der Waals surface area contributed by atoms with Crippen molar-refractivity contribution in [3.8, 4) is 11.5 Å². The zero-order valence-corrected chi connectivity index (χ0v) is 10.4. The van der Waals surface area contributed by atoms with Crippen molar-refractivity contribution >= 4 is 11.9 Å². The van der Waals surface area contributed by atoms with E-state index in [4.69, 9.17) is 4.74 Å². The number of aryl methyl sites for hydroxylation is 1. The summed E-state index contributed by atoms with van der Waals surface area (Å²) in [5, 5.41) is 9.39. The van der Waals surface area contributed by atoms with E-state index in [-0.39, 0.29) is 17.3 Å². The highest BCUT2D eigenvalue weighted by molar-refractivity contribution is 6.14. The molecule has 0 spiro atoms. The zero-order chi connectivity index (χ0) is 13.4. The van der Waals surface area contributed by atoms with Crippen molar-refractivity contribution in [2.45, 2.75) is 6.92 Å². The molecule has 2 aromatic rings. The van der Waals surface area contributed by atoms with Gasteiger partial charge < -0.3 is 9.84 Å². The lowest BCUT2D eigenvalue weighted by atomic mass is 10.1. The second-order valence-electron chi connectivity index (χ2n) is 4.48. The van der Waals surface area contributed by atoms with E-state index in [2.05, 4.69) is 0 Å². The van der Waals surface area contributed by atoms with Crippen LogP contribution < -0.4 is 4.74 Å². The first-order valence-electron chi connectivity index (χ1n) is 5.98. The van der Waals surface area contributed by atoms with Gasteiger partial charge >= 0.3 is 0 Å². The molecule has 2 aromatic carbocycles. The standard InChI is InChI=1S/C16H12O3/c1-10-4-2-3-5-11(10)8-15-16(18)13-7-6-12(17)9-14(13)19-15/h2-9,17H,1H3/b15-8-. The number of benzene rings is 2. The molecule has 94 valence electrons. The molecule has 0 saturated heterocycles. The van der Waals surface area contributed by atoms with Crippen molar-refractivity contribution in [1.82, 2.24) is 0 Å². The number of ether oxygens (including phenoxy) is 1. The minimum atomic E-state index is -0.154. The number of phenolic OH excluding ortho intramolecular Hbond substituents is 1. The van der Waals surface area contributed by atoms with Gasteiger partial charge in [-0.1, -0.05) is 24.3 Å². The average Bonchev–Trinajstić information content (AvgIpc) is 2.68. The molecule has 0 saturated carbocycles. The first-order chi connectivity index (χ1) is 9.15. The Morgan fingerprint density at radius 1 is 1.16 bits per heavy atom. The summed E-state index contributed by atoms with van der Waals surface area (Å²) in [7, 11) is 0. The highest BCUT2D eigenvalue weighted by Crippen LogP contribution is 2.34. The summed E-state index contributed by atoms with van der Waals surface area (Å²) in [5.41, 5.74) is 2.51. The van der Waals surface area contributed by atoms with Crippen LogP contribution in [0.2, 0.25) is 0 Å². The smallest absolute Gasteiger partial charge is 0.231 e. The molecule has 0 aliphatic carbocycles. The summed E-state index contributed by atoms with van der Waals surface area (Å²) >= 11 is 0. The van der Waals surface area contributed by atoms with Crippen molar-refractivity contribution in [3.05, 3.63) is 64.9 Å². The predicted octanol–water partition coefficient (Wildman–Crippen LogP) is 3.32. The van der Waals surface area contributed by atoms with Crippen LogP contribution in [0.25, 0.3) is 6.08 Å². The van der Waals surface area contributed by atoms with Crippen LogP contribution in [-0.4, -0.2) is 10.9 Å². The Hall–Kier alpha value is -2.55. The summed E-state index contributed by atoms with van der Waals surface area (Å²) in [4.78, 5) is 12.1. The highest BCUT2D eigenvalue weighted by Gasteiger charge is 2.27. The first-order valence-corrected chi connectivity index (χ1v) is 5.98. The third kappa shape index (κ3) is 1.99. The lowest BCUT2D eigenvalue weighted by molar-refractivity contribution is 0.101. The number of aromatic hydroxyl groups is 1. The SMILES string of the molecule is Cc1ccccc1/C=C1\Oc2cc(O)ccc2C1=O. The monoisotopic (exact) mass is 252 g/mol. The molecule has 0 amide bonds. The van der Waals surface area contributed by atoms with Gasteiger partial charge in [0.05, 0.1) is 5.56 Å². The Balaban J connectivity index is 2.02. The largest absolute Gasteiger partial charge is 0.508 e. The average molecular weight is 252 g/mol. The number of ketones is 1. The van der Waals surface area contributed by atoms with E-state index in [1.807, 2.05) is 31.2 Å². The van der Waals surface area contributed by atoms with Gasteiger partial charge in [0.15, 0.2) is 5.76 Å². The fourth-order valence-corrected chi connectivity index (χ4v) is 2.07. The van der Waals surface area contributed by atoms with E-state index in [1.54, 1.807) is 12.1 Å². The molecule has 0 unspecified atom stereocenters. The number of carbonyl (C=O) groups excluding carboxylic acids is 1. The van der Waals surface area contributed by atoms with Crippen molar-refractivity contribution in [1.29, 1.82) is 0 Å². The van der Waals surface area contributed by atoms with Crippen molar-refractivity contribution in [2.75, 3.05) is 0 Å². The molecule has 0 bridgehead atoms. The predicted molar refractivity (Wildman–Crippen MR) is 72.2 cm³/mol. The molecule has 0 radical (unpaired) electrons. The van der Waals surface area contributed by atoms with Gasteiger partial charge in [-0.2, -0.15) is 0 Å². The summed E-state index contributed by atoms with van der Waals surface area (Å²) in [6.45, 7) is 1.98. The minimum Gasteiger partial charge on any atom is -0.508 e. The number of fused-ring (bicyclic) bond motifs is 1. The quantitative estimate of drug-likeness (QED) is 0.792. The lowest BCUT2D eigenvalue weighted by Crippen LogP contribution is -1.98. The fourth-order valence-electron chi connectivity index (χ4n) is 2.07. The van der Waals surface area contributed by atoms with Gasteiger partial charge in [-0.25, -0.2) is 0 Å². The van der Waals surface area contributed by atoms with Gasteiger partial charge in [0.1, 0.15) is 11.5 Å². The summed E-state index contributed by atoms with van der Waals surface area (Å²) < 4.78 is 5.51. The second kappa shape index (κ2) is 4.28. The van der Waals surface area contributed by atoms with Gasteiger partial charge in [-0.15, -0.1) is 0 Å². The van der Waals surface area contributed by atoms with Crippen LogP contribution in [0.15, 0.2) is 48.2 Å². The molecule has 3 nitrogen and oxygen atoms in total. The van der Waals surface area contributed by atoms with E-state index in [0.29, 0.717) is 11.3 Å². The molecular weight excluding hydrogens is 240 g/mol. The maximum absolute atomic E-state index is 12.1. The Morgan fingerprint density at radius 3 is 2.74 bits per heavy atom. The van der Waals surface area contributed by atoms with Gasteiger partial charge in [0.2, 0.25) is 5.78 Å². The molecule has 3 heteroatoms. The van der Waals surface area contributed by atoms with E-state index in [1.165, 1.54) is 12.1 Å². The molecule has 0 atom stereocenters. The van der Waals surface area contributed by atoms with Crippen molar-refractivity contribution in [3.63, 3.8) is 0 Å². The third-order valence-electron chi connectivity index (χ3n) is 3.13. The Labute approximate surface area is 110 Å². The highest BCUT2D eigenvalue weighted by atomic mass is 16.5. The van der Waals surface area contributed by atoms with Crippen molar-refractivity contribution < 1.29 is 14.6 Å². The molecule has 19 heavy (non-hydrogen) atoms. The Morgan fingerprint density at radius 2 is 1.95 bits per heavy atom. The van der Waals surface area contributed by atoms with E-state index >= 15 is 0 Å². The summed E-state index contributed by atoms with van der Waals surface area (Å²) in [5.74, 6) is 0.627. The second-order valence-corrected chi connectivity index (χ2v) is 4.48. The molecule has 1 N–H and O–H groups in total. The molecule has 0 aromatic heterocycles. The fraction of sp³-hybridized carbons (Fsp3) is 0.0625. The number of hydrogen-bond acceptors (Lipinski definition) is 3. The van der Waals surface area contributed by atoms with Crippen LogP contribution >= 0.6 is 0 Å². The number of carbonyl (C=O) groups is 1. The van der Waals surface area contributed by atoms with Crippen LogP contribution in [0, 0.1) is 6.92 Å². The molecule has 1 aliphatic rings. The first kappa shape index (κ1) is 11.5. The Kier molecular flexibility index (Phi) is 2.60. The molecule has 0 fully saturated rings. The maximum Gasteiger partial charge on any atom is 0.231 e. The molecule has 1 heterocycles. The number of Topliss-reactive ketones (excluding diaryl/α,β-unsaturated/α-hetero) is 1. The number of phenols is 1. The van der Waals surface area contributed by atoms with Gasteiger partial charge in [0.25, 0.3) is 0 Å². The van der Waals surface area contributed by atoms with Crippen LogP contribution in [-0.2, 0) is 0 Å². The summed E-state index contributed by atoms with van der Waals surface area (Å²) in [6.07, 6.45) is 1.73. The third-order valence-corrected chi connectivity index (χ3v) is 3.13. The van der Waals surface area contributed by atoms with Crippen LogP contribution in [0.3, 0.4) is 0 Å². The van der Waals surface area contributed by atoms with Gasteiger partial charge in [-0.05, 0) is 36.3 Å². The number of rotatable bonds is 1. The maximum atomic E-state index is 12.1. The topological polar surface area (TPSA) is 46.5 Å². The molecular formula is C16H12O3. The van der Waals surface area contributed by atoms with Crippen LogP contribution in [0.5, 0.6) is 11.5 Å². The van der Waals surface area contributed by atoms with Gasteiger partial charge in [-0.3, -0.25) is 4.79 Å².